The molecular formula is C15H16N2O3. The number of nitrogens with one attached hydrogen (secondary N) is 1. The Bertz CT molecular complexity index is 626. The van der Waals surface area contributed by atoms with E-state index in [9.17, 15) is 15.2 Å². The van der Waals surface area contributed by atoms with Crippen molar-refractivity contribution in [2.75, 3.05) is 0 Å². The van der Waals surface area contributed by atoms with Gasteiger partial charge >= 0.3 is 0 Å². The van der Waals surface area contributed by atoms with Crippen LogP contribution in [0.3, 0.4) is 0 Å². The van der Waals surface area contributed by atoms with Gasteiger partial charge in [0, 0.05) is 30.3 Å². The van der Waals surface area contributed by atoms with Crippen LogP contribution in [0.25, 0.3) is 0 Å². The third-order valence-electron chi connectivity index (χ3n) is 3.05. The van der Waals surface area contributed by atoms with Crippen LogP contribution in [0.2, 0.25) is 0 Å². The molecule has 0 saturated heterocycles. The first-order chi connectivity index (χ1) is 9.58. The smallest absolute Gasteiger partial charge is 0.273 e. The van der Waals surface area contributed by atoms with Crippen LogP contribution in [0, 0.1) is 17.0 Å². The van der Waals surface area contributed by atoms with E-state index < -0.39 is 0 Å². The molecule has 104 valence electrons. The number of rotatable bonds is 5. The maximum Gasteiger partial charge on any atom is 0.273 e. The fraction of sp³-hybridized carbons (Fsp3) is 0.200. The minimum atomic E-state index is -0.388. The molecule has 0 aliphatic rings. The first-order valence-electron chi connectivity index (χ1n) is 6.29. The molecule has 0 amide bonds. The van der Waals surface area contributed by atoms with Gasteiger partial charge in [-0.25, -0.2) is 0 Å². The van der Waals surface area contributed by atoms with Crippen LogP contribution in [0.4, 0.5) is 5.69 Å². The number of phenols is 1. The monoisotopic (exact) mass is 272 g/mol. The van der Waals surface area contributed by atoms with Gasteiger partial charge in [-0.2, -0.15) is 0 Å². The van der Waals surface area contributed by atoms with Gasteiger partial charge in [0.1, 0.15) is 5.75 Å². The molecule has 0 aliphatic carbocycles. The van der Waals surface area contributed by atoms with Crippen molar-refractivity contribution in [3.05, 3.63) is 69.3 Å². The second-order valence-electron chi connectivity index (χ2n) is 4.62. The number of phenolic OH excluding ortho intramolecular Hbond substituents is 1. The number of benzene rings is 2. The van der Waals surface area contributed by atoms with Crippen LogP contribution >= 0.6 is 0 Å². The van der Waals surface area contributed by atoms with Crippen LogP contribution in [0.5, 0.6) is 5.75 Å². The molecule has 0 unspecified atom stereocenters. The molecule has 0 atom stereocenters. The van der Waals surface area contributed by atoms with E-state index in [1.165, 1.54) is 6.07 Å². The standard InChI is InChI=1S/C15H16N2O3/c1-11-6-7-15(18)13(8-11)10-16-9-12-4-2-3-5-14(12)17(19)20/h2-8,16,18H,9-10H2,1H3. The fourth-order valence-electron chi connectivity index (χ4n) is 2.03. The summed E-state index contributed by atoms with van der Waals surface area (Å²) in [7, 11) is 0. The maximum atomic E-state index is 10.9. The molecule has 20 heavy (non-hydrogen) atoms. The molecule has 2 rings (SSSR count). The molecule has 0 bridgehead atoms. The number of aryl methyl sites for hydroxylation is 1. The van der Waals surface area contributed by atoms with Gasteiger partial charge in [-0.05, 0) is 13.0 Å². The Hall–Kier alpha value is -2.40. The number of nitro benzene ring substituents is 1. The second kappa shape index (κ2) is 6.16. The topological polar surface area (TPSA) is 75.4 Å². The highest BCUT2D eigenvalue weighted by Gasteiger charge is 2.11. The molecule has 0 aliphatic heterocycles. The summed E-state index contributed by atoms with van der Waals surface area (Å²) in [5.74, 6) is 0.227. The van der Waals surface area contributed by atoms with E-state index in [0.29, 0.717) is 18.7 Å². The Morgan fingerprint density at radius 1 is 1.15 bits per heavy atom. The van der Waals surface area contributed by atoms with E-state index in [1.807, 2.05) is 19.1 Å². The summed E-state index contributed by atoms with van der Waals surface area (Å²) in [5, 5.41) is 23.7. The summed E-state index contributed by atoms with van der Waals surface area (Å²) in [6.45, 7) is 2.79. The molecule has 0 fully saturated rings. The lowest BCUT2D eigenvalue weighted by atomic mass is 10.1. The molecule has 2 aromatic carbocycles. The normalized spacial score (nSPS) is 10.4. The molecule has 0 saturated carbocycles. The number of hydrogen-bond donors (Lipinski definition) is 2. The molecule has 5 heteroatoms. The third-order valence-corrected chi connectivity index (χ3v) is 3.05. The summed E-state index contributed by atoms with van der Waals surface area (Å²) < 4.78 is 0. The van der Waals surface area contributed by atoms with Crippen LogP contribution < -0.4 is 5.32 Å². The molecule has 2 N–H and O–H groups in total. The van der Waals surface area contributed by atoms with Crippen molar-refractivity contribution in [1.29, 1.82) is 0 Å². The minimum Gasteiger partial charge on any atom is -0.508 e. The summed E-state index contributed by atoms with van der Waals surface area (Å²) in [4.78, 5) is 10.5. The molecule has 0 spiro atoms. The minimum absolute atomic E-state index is 0.105. The van der Waals surface area contributed by atoms with Crippen LogP contribution in [0.1, 0.15) is 16.7 Å². The van der Waals surface area contributed by atoms with Gasteiger partial charge in [0.25, 0.3) is 5.69 Å². The van der Waals surface area contributed by atoms with Crippen LogP contribution in [0.15, 0.2) is 42.5 Å². The highest BCUT2D eigenvalue weighted by molar-refractivity contribution is 5.40. The van der Waals surface area contributed by atoms with E-state index in [2.05, 4.69) is 5.32 Å². The maximum absolute atomic E-state index is 10.9. The van der Waals surface area contributed by atoms with Crippen molar-refractivity contribution in [2.45, 2.75) is 20.0 Å². The lowest BCUT2D eigenvalue weighted by molar-refractivity contribution is -0.385. The molecule has 2 aromatic rings. The van der Waals surface area contributed by atoms with E-state index in [0.717, 1.165) is 11.1 Å². The molecule has 0 radical (unpaired) electrons. The van der Waals surface area contributed by atoms with E-state index in [-0.39, 0.29) is 16.4 Å². The summed E-state index contributed by atoms with van der Waals surface area (Å²) in [5.41, 5.74) is 2.58. The predicted octanol–water partition coefficient (Wildman–Crippen LogP) is 2.90. The lowest BCUT2D eigenvalue weighted by Crippen LogP contribution is -2.14. The van der Waals surface area contributed by atoms with Gasteiger partial charge in [0.2, 0.25) is 0 Å². The Kier molecular flexibility index (Phi) is 4.32. The van der Waals surface area contributed by atoms with Gasteiger partial charge in [-0.1, -0.05) is 35.9 Å². The third kappa shape index (κ3) is 3.33. The van der Waals surface area contributed by atoms with Gasteiger partial charge in [-0.3, -0.25) is 10.1 Å². The summed E-state index contributed by atoms with van der Waals surface area (Å²) >= 11 is 0. The van der Waals surface area contributed by atoms with Gasteiger partial charge in [0.15, 0.2) is 0 Å². The van der Waals surface area contributed by atoms with E-state index >= 15 is 0 Å². The lowest BCUT2D eigenvalue weighted by Gasteiger charge is -2.08. The first kappa shape index (κ1) is 14.0. The Balaban J connectivity index is 2.03. The number of nitrogens with zero attached hydrogens (tertiary/aromatic N) is 1. The number of para-hydroxylation sites is 1. The Morgan fingerprint density at radius 2 is 1.85 bits per heavy atom. The van der Waals surface area contributed by atoms with Crippen molar-refractivity contribution in [1.82, 2.24) is 5.32 Å². The average Bonchev–Trinajstić information content (AvgIpc) is 2.43. The van der Waals surface area contributed by atoms with Gasteiger partial charge < -0.3 is 10.4 Å². The van der Waals surface area contributed by atoms with Crippen molar-refractivity contribution in [3.8, 4) is 5.75 Å². The zero-order valence-electron chi connectivity index (χ0n) is 11.2. The number of hydrogen-bond acceptors (Lipinski definition) is 4. The van der Waals surface area contributed by atoms with Crippen molar-refractivity contribution >= 4 is 5.69 Å². The molecule has 0 aromatic heterocycles. The molecule has 0 heterocycles. The largest absolute Gasteiger partial charge is 0.508 e. The Labute approximate surface area is 117 Å². The van der Waals surface area contributed by atoms with Crippen molar-refractivity contribution in [2.24, 2.45) is 0 Å². The summed E-state index contributed by atoms with van der Waals surface area (Å²) in [6, 6.07) is 12.0. The van der Waals surface area contributed by atoms with Crippen LogP contribution in [-0.4, -0.2) is 10.0 Å². The van der Waals surface area contributed by atoms with E-state index in [4.69, 9.17) is 0 Å². The highest BCUT2D eigenvalue weighted by atomic mass is 16.6. The van der Waals surface area contributed by atoms with Gasteiger partial charge in [0.05, 0.1) is 4.92 Å². The molecule has 5 nitrogen and oxygen atoms in total. The zero-order chi connectivity index (χ0) is 14.5. The number of aromatic hydroxyl groups is 1. The quantitative estimate of drug-likeness (QED) is 0.648. The summed E-state index contributed by atoms with van der Waals surface area (Å²) in [6.07, 6.45) is 0. The van der Waals surface area contributed by atoms with E-state index in [1.54, 1.807) is 24.3 Å². The number of nitro groups is 1. The SMILES string of the molecule is Cc1ccc(O)c(CNCc2ccccc2[N+](=O)[O-])c1. The average molecular weight is 272 g/mol. The predicted molar refractivity (Wildman–Crippen MR) is 76.5 cm³/mol. The highest BCUT2D eigenvalue weighted by Crippen LogP contribution is 2.20. The first-order valence-corrected chi connectivity index (χ1v) is 6.29. The Morgan fingerprint density at radius 3 is 2.60 bits per heavy atom. The second-order valence-corrected chi connectivity index (χ2v) is 4.62. The zero-order valence-corrected chi connectivity index (χ0v) is 11.2. The van der Waals surface area contributed by atoms with Crippen LogP contribution in [-0.2, 0) is 13.1 Å². The van der Waals surface area contributed by atoms with Crippen molar-refractivity contribution in [3.63, 3.8) is 0 Å². The molecular weight excluding hydrogens is 256 g/mol. The fourth-order valence-corrected chi connectivity index (χ4v) is 2.03. The van der Waals surface area contributed by atoms with Gasteiger partial charge in [-0.15, -0.1) is 0 Å². The van der Waals surface area contributed by atoms with Crippen molar-refractivity contribution < 1.29 is 10.0 Å².